The van der Waals surface area contributed by atoms with Gasteiger partial charge in [0.25, 0.3) is 0 Å². The molecule has 0 aliphatic heterocycles. The maximum absolute atomic E-state index is 10.2. The lowest BCUT2D eigenvalue weighted by atomic mass is 10.4. The Morgan fingerprint density at radius 1 is 1.71 bits per heavy atom. The lowest BCUT2D eigenvalue weighted by molar-refractivity contribution is -0.111. The monoisotopic (exact) mass is 117 g/mol. The third-order valence-electron chi connectivity index (χ3n) is 0.547. The minimum atomic E-state index is -0.0856. The minimum absolute atomic E-state index is 0.0856. The summed E-state index contributed by atoms with van der Waals surface area (Å²) in [5, 5.41) is 2.55. The quantitative estimate of drug-likeness (QED) is 0.495. The molecule has 1 N–H and O–H groups in total. The van der Waals surface area contributed by atoms with E-state index in [1.54, 1.807) is 7.05 Å². The lowest BCUT2D eigenvalue weighted by Crippen LogP contribution is -2.22. The van der Waals surface area contributed by atoms with Gasteiger partial charge in [-0.25, -0.2) is 0 Å². The number of rotatable bonds is 1. The summed E-state index contributed by atoms with van der Waals surface area (Å²) in [7, 11) is 1.63. The normalized spacial score (nSPS) is 7.71. The Kier molecular flexibility index (Phi) is 2.52. The summed E-state index contributed by atoms with van der Waals surface area (Å²) in [4.78, 5) is 10.5. The van der Waals surface area contributed by atoms with Crippen LogP contribution in [0.2, 0.25) is 0 Å². The third kappa shape index (κ3) is 2.28. The SMILES string of the molecule is CNC(=S)C(C)=O. The molecule has 0 aliphatic rings. The van der Waals surface area contributed by atoms with Gasteiger partial charge in [-0.15, -0.1) is 0 Å². The Morgan fingerprint density at radius 2 is 2.14 bits per heavy atom. The van der Waals surface area contributed by atoms with E-state index >= 15 is 0 Å². The number of nitrogens with one attached hydrogen (secondary N) is 1. The van der Waals surface area contributed by atoms with Gasteiger partial charge in [-0.1, -0.05) is 12.2 Å². The number of ketones is 1. The highest BCUT2D eigenvalue weighted by Crippen LogP contribution is 1.69. The van der Waals surface area contributed by atoms with Crippen LogP contribution in [0.5, 0.6) is 0 Å². The molecule has 2 nitrogen and oxygen atoms in total. The molecule has 0 heterocycles. The van der Waals surface area contributed by atoms with Crippen LogP contribution in [0.4, 0.5) is 0 Å². The standard InChI is InChI=1S/C4H7NOS/c1-3(6)4(7)5-2/h1-2H3,(H,5,7). The van der Waals surface area contributed by atoms with Gasteiger partial charge in [0, 0.05) is 14.0 Å². The number of carbonyl (C=O) groups excluding carboxylic acids is 1. The highest BCUT2D eigenvalue weighted by Gasteiger charge is 1.94. The molecule has 0 aromatic heterocycles. The van der Waals surface area contributed by atoms with Crippen LogP contribution in [0.3, 0.4) is 0 Å². The first kappa shape index (κ1) is 6.56. The first-order valence-corrected chi connectivity index (χ1v) is 2.32. The van der Waals surface area contributed by atoms with Gasteiger partial charge < -0.3 is 5.32 Å². The molecular weight excluding hydrogens is 110 g/mol. The first-order valence-electron chi connectivity index (χ1n) is 1.91. The molecule has 0 spiro atoms. The Morgan fingerprint density at radius 3 is 2.14 bits per heavy atom. The fourth-order valence-corrected chi connectivity index (χ4v) is 0.176. The van der Waals surface area contributed by atoms with Crippen LogP contribution in [0.15, 0.2) is 0 Å². The van der Waals surface area contributed by atoms with Crippen LogP contribution >= 0.6 is 12.2 Å². The molecule has 0 fully saturated rings. The van der Waals surface area contributed by atoms with Crippen molar-refractivity contribution in [3.8, 4) is 0 Å². The van der Waals surface area contributed by atoms with Gasteiger partial charge in [0.2, 0.25) is 0 Å². The van der Waals surface area contributed by atoms with Crippen LogP contribution in [-0.4, -0.2) is 17.8 Å². The zero-order chi connectivity index (χ0) is 5.86. The van der Waals surface area contributed by atoms with E-state index in [9.17, 15) is 4.79 Å². The van der Waals surface area contributed by atoms with Gasteiger partial charge in [0.1, 0.15) is 4.99 Å². The molecule has 0 rings (SSSR count). The summed E-state index contributed by atoms with van der Waals surface area (Å²) in [5.41, 5.74) is 0. The third-order valence-corrected chi connectivity index (χ3v) is 1.04. The van der Waals surface area contributed by atoms with E-state index in [0.29, 0.717) is 4.99 Å². The molecule has 0 saturated carbocycles. The fraction of sp³-hybridized carbons (Fsp3) is 0.500. The summed E-state index contributed by atoms with van der Waals surface area (Å²) < 4.78 is 0. The van der Waals surface area contributed by atoms with Gasteiger partial charge in [0.05, 0.1) is 0 Å². The molecule has 0 aromatic carbocycles. The maximum Gasteiger partial charge on any atom is 0.186 e. The molecular formula is C4H7NOS. The minimum Gasteiger partial charge on any atom is -0.376 e. The van der Waals surface area contributed by atoms with Crippen molar-refractivity contribution in [2.24, 2.45) is 0 Å². The van der Waals surface area contributed by atoms with Gasteiger partial charge in [-0.2, -0.15) is 0 Å². The first-order chi connectivity index (χ1) is 3.18. The number of hydrogen-bond acceptors (Lipinski definition) is 2. The summed E-state index contributed by atoms with van der Waals surface area (Å²) in [6, 6.07) is 0. The Balaban J connectivity index is 3.58. The molecule has 0 radical (unpaired) electrons. The van der Waals surface area contributed by atoms with E-state index in [-0.39, 0.29) is 5.78 Å². The maximum atomic E-state index is 10.2. The van der Waals surface area contributed by atoms with E-state index in [0.717, 1.165) is 0 Å². The average molecular weight is 117 g/mol. The Hall–Kier alpha value is -0.440. The number of likely N-dealkylation sites (N-methyl/N-ethyl adjacent to an activating group) is 1. The second-order valence-corrected chi connectivity index (χ2v) is 1.54. The van der Waals surface area contributed by atoms with Crippen molar-refractivity contribution in [1.29, 1.82) is 0 Å². The smallest absolute Gasteiger partial charge is 0.186 e. The predicted molar refractivity (Wildman–Crippen MR) is 32.3 cm³/mol. The Labute approximate surface area is 47.9 Å². The molecule has 40 valence electrons. The molecule has 0 unspecified atom stereocenters. The van der Waals surface area contributed by atoms with Crippen molar-refractivity contribution in [2.45, 2.75) is 6.92 Å². The van der Waals surface area contributed by atoms with Gasteiger partial charge in [-0.05, 0) is 0 Å². The summed E-state index contributed by atoms with van der Waals surface area (Å²) in [5.74, 6) is -0.0856. The van der Waals surface area contributed by atoms with Gasteiger partial charge >= 0.3 is 0 Å². The van der Waals surface area contributed by atoms with E-state index in [1.807, 2.05) is 0 Å². The van der Waals surface area contributed by atoms with Crippen molar-refractivity contribution in [2.75, 3.05) is 7.05 Å². The number of carbonyl (C=O) groups is 1. The van der Waals surface area contributed by atoms with E-state index < -0.39 is 0 Å². The molecule has 0 saturated heterocycles. The molecule has 7 heavy (non-hydrogen) atoms. The fourth-order valence-electron chi connectivity index (χ4n) is 0.176. The van der Waals surface area contributed by atoms with Crippen LogP contribution in [0.1, 0.15) is 6.92 Å². The van der Waals surface area contributed by atoms with Crippen LogP contribution in [0.25, 0.3) is 0 Å². The van der Waals surface area contributed by atoms with Crippen molar-refractivity contribution in [3.05, 3.63) is 0 Å². The number of Topliss-reactive ketones (excluding diaryl/α,β-unsaturated/α-hetero) is 1. The Bertz CT molecular complexity index is 99.9. The van der Waals surface area contributed by atoms with Crippen molar-refractivity contribution in [3.63, 3.8) is 0 Å². The van der Waals surface area contributed by atoms with Crippen molar-refractivity contribution in [1.82, 2.24) is 5.32 Å². The predicted octanol–water partition coefficient (Wildman–Crippen LogP) is 0.122. The van der Waals surface area contributed by atoms with E-state index in [1.165, 1.54) is 6.92 Å². The lowest BCUT2D eigenvalue weighted by Gasteiger charge is -1.91. The summed E-state index contributed by atoms with van der Waals surface area (Å²) >= 11 is 4.52. The molecule has 0 amide bonds. The topological polar surface area (TPSA) is 29.1 Å². The molecule has 0 aliphatic carbocycles. The highest BCUT2D eigenvalue weighted by molar-refractivity contribution is 7.82. The van der Waals surface area contributed by atoms with Gasteiger partial charge in [0.15, 0.2) is 5.78 Å². The van der Waals surface area contributed by atoms with Crippen molar-refractivity contribution >= 4 is 23.0 Å². The van der Waals surface area contributed by atoms with Crippen LogP contribution < -0.4 is 5.32 Å². The zero-order valence-corrected chi connectivity index (χ0v) is 5.13. The summed E-state index contributed by atoms with van der Waals surface area (Å²) in [6.45, 7) is 1.43. The van der Waals surface area contributed by atoms with Gasteiger partial charge in [-0.3, -0.25) is 4.79 Å². The average Bonchev–Trinajstić information content (AvgIpc) is 1.65. The second-order valence-electron chi connectivity index (χ2n) is 1.14. The molecule has 0 atom stereocenters. The van der Waals surface area contributed by atoms with Crippen LogP contribution in [-0.2, 0) is 4.79 Å². The van der Waals surface area contributed by atoms with E-state index in [4.69, 9.17) is 0 Å². The second kappa shape index (κ2) is 2.69. The number of thiocarbonyl (C=S) groups is 1. The van der Waals surface area contributed by atoms with Crippen LogP contribution in [0, 0.1) is 0 Å². The molecule has 0 aromatic rings. The number of hydrogen-bond donors (Lipinski definition) is 1. The van der Waals surface area contributed by atoms with E-state index in [2.05, 4.69) is 17.5 Å². The van der Waals surface area contributed by atoms with Crippen molar-refractivity contribution < 1.29 is 4.79 Å². The largest absolute Gasteiger partial charge is 0.376 e. The molecule has 3 heteroatoms. The summed E-state index contributed by atoms with van der Waals surface area (Å²) in [6.07, 6.45) is 0. The molecule has 0 bridgehead atoms. The highest BCUT2D eigenvalue weighted by atomic mass is 32.1. The zero-order valence-electron chi connectivity index (χ0n) is 4.32.